The summed E-state index contributed by atoms with van der Waals surface area (Å²) < 4.78 is 0.450. The number of rotatable bonds is 1. The van der Waals surface area contributed by atoms with Gasteiger partial charge in [0.1, 0.15) is 5.54 Å². The number of hydrogen-bond acceptors (Lipinski definition) is 3. The molecule has 0 radical (unpaired) electrons. The van der Waals surface area contributed by atoms with Crippen molar-refractivity contribution in [3.8, 4) is 0 Å². The van der Waals surface area contributed by atoms with Crippen LogP contribution in [0.1, 0.15) is 29.8 Å². The Bertz CT molecular complexity index is 566. The molecule has 0 unspecified atom stereocenters. The molecule has 1 aromatic rings. The number of carbonyl (C=O) groups is 3. The molecule has 1 aliphatic heterocycles. The molecule has 1 fully saturated rings. The molecule has 0 saturated carbocycles. The molecule has 6 heteroatoms. The third-order valence-corrected chi connectivity index (χ3v) is 3.42. The molecule has 0 spiro atoms. The molecule has 1 aliphatic rings. The molecule has 1 aromatic carbocycles. The summed E-state index contributed by atoms with van der Waals surface area (Å²) in [6.07, 6.45) is 0. The van der Waals surface area contributed by atoms with Crippen LogP contribution in [0.3, 0.4) is 0 Å². The summed E-state index contributed by atoms with van der Waals surface area (Å²) in [6.45, 7) is 4.87. The summed E-state index contributed by atoms with van der Waals surface area (Å²) >= 11 is 5.59. The van der Waals surface area contributed by atoms with Crippen molar-refractivity contribution < 1.29 is 14.4 Å². The maximum Gasteiger partial charge on any atom is 0.349 e. The maximum absolute atomic E-state index is 12.3. The Morgan fingerprint density at radius 1 is 1.16 bits per heavy atom. The van der Waals surface area contributed by atoms with Crippen LogP contribution in [0.5, 0.6) is 0 Å². The van der Waals surface area contributed by atoms with E-state index in [9.17, 15) is 14.4 Å². The molecule has 0 atom stereocenters. The first-order valence-corrected chi connectivity index (χ1v) is 6.06. The van der Waals surface area contributed by atoms with Gasteiger partial charge in [-0.25, -0.2) is 9.69 Å². The highest BCUT2D eigenvalue weighted by Crippen LogP contribution is 2.30. The van der Waals surface area contributed by atoms with E-state index < -0.39 is 23.4 Å². The number of benzene rings is 1. The van der Waals surface area contributed by atoms with Crippen LogP contribution >= 0.6 is 11.8 Å². The molecular formula is C13H13ClN2O3. The van der Waals surface area contributed by atoms with Gasteiger partial charge in [-0.3, -0.25) is 9.59 Å². The van der Waals surface area contributed by atoms with Crippen LogP contribution in [0.2, 0.25) is 0 Å². The van der Waals surface area contributed by atoms with Gasteiger partial charge in [-0.15, -0.1) is 0 Å². The van der Waals surface area contributed by atoms with Gasteiger partial charge in [0.05, 0.1) is 0 Å². The van der Waals surface area contributed by atoms with Gasteiger partial charge in [0, 0.05) is 17.3 Å². The van der Waals surface area contributed by atoms with Crippen LogP contribution in [-0.2, 0) is 4.79 Å². The highest BCUT2D eigenvalue weighted by molar-refractivity contribution is 6.35. The van der Waals surface area contributed by atoms with Crippen molar-refractivity contribution in [1.29, 1.82) is 0 Å². The number of nitrogens with zero attached hydrogens (tertiary/aromatic N) is 2. The van der Waals surface area contributed by atoms with Gasteiger partial charge in [-0.1, -0.05) is 17.7 Å². The Hall–Kier alpha value is -1.88. The fraction of sp³-hybridized carbons (Fsp3) is 0.308. The lowest BCUT2D eigenvalue weighted by atomic mass is 10.0. The third-order valence-electron chi connectivity index (χ3n) is 3.12. The Balaban J connectivity index is 2.41. The predicted octanol–water partition coefficient (Wildman–Crippen LogP) is 2.33. The molecular weight excluding hydrogens is 268 g/mol. The second-order valence-corrected chi connectivity index (χ2v) is 5.27. The van der Waals surface area contributed by atoms with Gasteiger partial charge in [-0.05, 0) is 32.9 Å². The fourth-order valence-electron chi connectivity index (χ4n) is 1.92. The molecule has 0 aromatic heterocycles. The summed E-state index contributed by atoms with van der Waals surface area (Å²) in [4.78, 5) is 36.9. The third kappa shape index (κ3) is 2.00. The highest BCUT2D eigenvalue weighted by atomic mass is 35.5. The van der Waals surface area contributed by atoms with E-state index in [-0.39, 0.29) is 0 Å². The summed E-state index contributed by atoms with van der Waals surface area (Å²) in [5.41, 5.74) is 0.0613. The SMILES string of the molecule is Cc1ccc(C(=O)N2C(=O)N(Cl)C(=O)C2(C)C)cc1. The lowest BCUT2D eigenvalue weighted by Gasteiger charge is -2.25. The van der Waals surface area contributed by atoms with Crippen molar-refractivity contribution in [1.82, 2.24) is 9.32 Å². The number of imide groups is 2. The topological polar surface area (TPSA) is 57.7 Å². The van der Waals surface area contributed by atoms with E-state index in [4.69, 9.17) is 11.8 Å². The van der Waals surface area contributed by atoms with E-state index in [0.29, 0.717) is 9.98 Å². The maximum atomic E-state index is 12.3. The zero-order valence-electron chi connectivity index (χ0n) is 10.8. The van der Waals surface area contributed by atoms with Crippen molar-refractivity contribution in [2.75, 3.05) is 0 Å². The Morgan fingerprint density at radius 2 is 1.68 bits per heavy atom. The molecule has 4 amide bonds. The highest BCUT2D eigenvalue weighted by Gasteiger charge is 2.54. The predicted molar refractivity (Wildman–Crippen MR) is 69.5 cm³/mol. The van der Waals surface area contributed by atoms with Crippen molar-refractivity contribution in [3.63, 3.8) is 0 Å². The Kier molecular flexibility index (Phi) is 3.10. The van der Waals surface area contributed by atoms with E-state index in [2.05, 4.69) is 0 Å². The van der Waals surface area contributed by atoms with Crippen LogP contribution in [0.15, 0.2) is 24.3 Å². The minimum absolute atomic E-state index is 0.340. The van der Waals surface area contributed by atoms with Gasteiger partial charge in [0.2, 0.25) is 0 Å². The number of halogens is 1. The van der Waals surface area contributed by atoms with Crippen molar-refractivity contribution in [2.24, 2.45) is 0 Å². The first kappa shape index (κ1) is 13.5. The van der Waals surface area contributed by atoms with E-state index in [1.165, 1.54) is 13.8 Å². The minimum Gasteiger partial charge on any atom is -0.270 e. The largest absolute Gasteiger partial charge is 0.349 e. The second-order valence-electron chi connectivity index (χ2n) is 4.93. The Labute approximate surface area is 115 Å². The summed E-state index contributed by atoms with van der Waals surface area (Å²) in [6, 6.07) is 5.94. The number of hydrogen-bond donors (Lipinski definition) is 0. The molecule has 1 saturated heterocycles. The monoisotopic (exact) mass is 280 g/mol. The number of aryl methyl sites for hydroxylation is 1. The number of amides is 4. The molecule has 2 rings (SSSR count). The Morgan fingerprint density at radius 3 is 2.11 bits per heavy atom. The van der Waals surface area contributed by atoms with Crippen LogP contribution in [0.4, 0.5) is 4.79 Å². The smallest absolute Gasteiger partial charge is 0.270 e. The average Bonchev–Trinajstić information content (AvgIpc) is 2.50. The zero-order chi connectivity index (χ0) is 14.4. The van der Waals surface area contributed by atoms with Crippen molar-refractivity contribution in [2.45, 2.75) is 26.3 Å². The molecule has 0 N–H and O–H groups in total. The van der Waals surface area contributed by atoms with Crippen molar-refractivity contribution in [3.05, 3.63) is 35.4 Å². The van der Waals surface area contributed by atoms with E-state index in [1.807, 2.05) is 6.92 Å². The van der Waals surface area contributed by atoms with Crippen LogP contribution in [0, 0.1) is 6.92 Å². The lowest BCUT2D eigenvalue weighted by Crippen LogP contribution is -2.47. The van der Waals surface area contributed by atoms with E-state index in [1.54, 1.807) is 24.3 Å². The fourth-order valence-corrected chi connectivity index (χ4v) is 2.20. The first-order valence-electron chi connectivity index (χ1n) is 5.72. The van der Waals surface area contributed by atoms with Gasteiger partial charge >= 0.3 is 6.03 Å². The molecule has 1 heterocycles. The lowest BCUT2D eigenvalue weighted by molar-refractivity contribution is -0.128. The summed E-state index contributed by atoms with van der Waals surface area (Å²) in [5.74, 6) is -1.15. The van der Waals surface area contributed by atoms with Gasteiger partial charge < -0.3 is 0 Å². The summed E-state index contributed by atoms with van der Waals surface area (Å²) in [7, 11) is 0. The normalized spacial score (nSPS) is 18.1. The van der Waals surface area contributed by atoms with Crippen LogP contribution in [0.25, 0.3) is 0 Å². The molecule has 19 heavy (non-hydrogen) atoms. The summed E-state index contributed by atoms with van der Waals surface area (Å²) in [5, 5.41) is 0. The first-order chi connectivity index (χ1) is 8.76. The average molecular weight is 281 g/mol. The number of urea groups is 1. The number of carbonyl (C=O) groups excluding carboxylic acids is 3. The quantitative estimate of drug-likeness (QED) is 0.586. The standard InChI is InChI=1S/C13H13ClN2O3/c1-8-4-6-9(7-5-8)10(17)15-12(19)16(14)11(18)13(15,2)3/h4-7H,1-3H3. The second kappa shape index (κ2) is 4.35. The molecule has 0 aliphatic carbocycles. The molecule has 100 valence electrons. The molecule has 5 nitrogen and oxygen atoms in total. The molecule has 0 bridgehead atoms. The van der Waals surface area contributed by atoms with Crippen LogP contribution < -0.4 is 0 Å². The van der Waals surface area contributed by atoms with E-state index in [0.717, 1.165) is 10.5 Å². The van der Waals surface area contributed by atoms with Gasteiger partial charge in [0.15, 0.2) is 0 Å². The zero-order valence-corrected chi connectivity index (χ0v) is 11.6. The van der Waals surface area contributed by atoms with Gasteiger partial charge in [-0.2, -0.15) is 4.42 Å². The van der Waals surface area contributed by atoms with Gasteiger partial charge in [0.25, 0.3) is 11.8 Å². The van der Waals surface area contributed by atoms with Crippen LogP contribution in [-0.4, -0.2) is 32.7 Å². The van der Waals surface area contributed by atoms with Crippen molar-refractivity contribution >= 4 is 29.6 Å². The van der Waals surface area contributed by atoms with E-state index >= 15 is 0 Å². The minimum atomic E-state index is -1.28.